The number of aromatic nitrogens is 2. The van der Waals surface area contributed by atoms with Crippen LogP contribution in [0.1, 0.15) is 16.8 Å². The van der Waals surface area contributed by atoms with Gasteiger partial charge in [0.1, 0.15) is 0 Å². The normalized spacial score (nSPS) is 14.0. The number of anilines is 2. The van der Waals surface area contributed by atoms with Crippen LogP contribution in [0.4, 0.5) is 11.6 Å². The first-order valence-electron chi connectivity index (χ1n) is 8.90. The average Bonchev–Trinajstić information content (AvgIpc) is 2.74. The molecule has 0 bridgehead atoms. The van der Waals surface area contributed by atoms with Gasteiger partial charge in [0.2, 0.25) is 11.9 Å². The van der Waals surface area contributed by atoms with E-state index in [1.165, 1.54) is 7.11 Å². The Morgan fingerprint density at radius 2 is 1.78 bits per heavy atom. The number of methoxy groups -OCH3 is 1. The fraction of sp³-hybridized carbons (Fsp3) is 0.368. The topological polar surface area (TPSA) is 87.7 Å². The van der Waals surface area contributed by atoms with Gasteiger partial charge in [-0.1, -0.05) is 12.1 Å². The molecule has 1 aromatic carbocycles. The molecule has 0 atom stereocenters. The molecule has 2 aromatic rings. The summed E-state index contributed by atoms with van der Waals surface area (Å²) < 4.78 is 4.78. The van der Waals surface area contributed by atoms with Crippen LogP contribution in [0, 0.1) is 0 Å². The zero-order valence-corrected chi connectivity index (χ0v) is 15.3. The van der Waals surface area contributed by atoms with Crippen molar-refractivity contribution >= 4 is 23.5 Å². The average molecular weight is 369 g/mol. The van der Waals surface area contributed by atoms with E-state index in [-0.39, 0.29) is 5.91 Å². The van der Waals surface area contributed by atoms with Crippen LogP contribution in [0.3, 0.4) is 0 Å². The predicted molar refractivity (Wildman–Crippen MR) is 102 cm³/mol. The first kappa shape index (κ1) is 18.6. The Morgan fingerprint density at radius 1 is 1.07 bits per heavy atom. The molecule has 27 heavy (non-hydrogen) atoms. The van der Waals surface area contributed by atoms with Gasteiger partial charge in [0.15, 0.2) is 0 Å². The zero-order valence-electron chi connectivity index (χ0n) is 15.3. The van der Waals surface area contributed by atoms with Crippen molar-refractivity contribution in [1.82, 2.24) is 14.9 Å². The number of carbonyl (C=O) groups excluding carboxylic acids is 2. The molecule has 3 rings (SSSR count). The van der Waals surface area contributed by atoms with Crippen molar-refractivity contribution < 1.29 is 14.3 Å². The Bertz CT molecular complexity index is 776. The number of ether oxygens (including phenoxy) is 1. The molecule has 2 heterocycles. The maximum absolute atomic E-state index is 12.5. The van der Waals surface area contributed by atoms with Crippen molar-refractivity contribution in [1.29, 1.82) is 0 Å². The molecule has 1 N–H and O–H groups in total. The van der Waals surface area contributed by atoms with Crippen LogP contribution in [0.25, 0.3) is 0 Å². The first-order valence-corrected chi connectivity index (χ1v) is 8.90. The van der Waals surface area contributed by atoms with E-state index in [2.05, 4.69) is 20.2 Å². The third-order valence-corrected chi connectivity index (χ3v) is 4.45. The third-order valence-electron chi connectivity index (χ3n) is 4.45. The highest BCUT2D eigenvalue weighted by atomic mass is 16.5. The number of hydrogen-bond acceptors (Lipinski definition) is 7. The van der Waals surface area contributed by atoms with Gasteiger partial charge in [0.25, 0.3) is 0 Å². The van der Waals surface area contributed by atoms with Gasteiger partial charge in [-0.25, -0.2) is 14.8 Å². The van der Waals surface area contributed by atoms with Crippen LogP contribution in [0.2, 0.25) is 0 Å². The second-order valence-electron chi connectivity index (χ2n) is 6.13. The molecule has 1 saturated heterocycles. The Kier molecular flexibility index (Phi) is 6.19. The van der Waals surface area contributed by atoms with Gasteiger partial charge in [-0.3, -0.25) is 4.79 Å². The molecule has 8 heteroatoms. The maximum atomic E-state index is 12.5. The fourth-order valence-electron chi connectivity index (χ4n) is 3.00. The highest BCUT2D eigenvalue weighted by Gasteiger charge is 2.22. The summed E-state index contributed by atoms with van der Waals surface area (Å²) in [6.07, 6.45) is 3.80. The van der Waals surface area contributed by atoms with E-state index in [9.17, 15) is 9.59 Å². The fourth-order valence-corrected chi connectivity index (χ4v) is 3.00. The summed E-state index contributed by atoms with van der Waals surface area (Å²) >= 11 is 0. The molecule has 142 valence electrons. The predicted octanol–water partition coefficient (Wildman–Crippen LogP) is 1.41. The molecular formula is C19H23N5O3. The highest BCUT2D eigenvalue weighted by molar-refractivity contribution is 5.95. The Hall–Kier alpha value is -3.16. The van der Waals surface area contributed by atoms with E-state index in [4.69, 9.17) is 4.74 Å². The van der Waals surface area contributed by atoms with Gasteiger partial charge in [-0.15, -0.1) is 0 Å². The summed E-state index contributed by atoms with van der Waals surface area (Å²) in [5, 5.41) is 3.15. The van der Waals surface area contributed by atoms with Crippen LogP contribution in [-0.2, 0) is 9.53 Å². The number of nitrogens with zero attached hydrogens (tertiary/aromatic N) is 4. The monoisotopic (exact) mass is 369 g/mol. The minimum absolute atomic E-state index is 0.0895. The minimum atomic E-state index is -0.399. The van der Waals surface area contributed by atoms with E-state index >= 15 is 0 Å². The third kappa shape index (κ3) is 4.72. The molecule has 1 amide bonds. The van der Waals surface area contributed by atoms with Crippen molar-refractivity contribution in [2.45, 2.75) is 6.42 Å². The van der Waals surface area contributed by atoms with Crippen molar-refractivity contribution in [2.75, 3.05) is 50.1 Å². The largest absolute Gasteiger partial charge is 0.465 e. The van der Waals surface area contributed by atoms with Crippen LogP contribution in [0.5, 0.6) is 0 Å². The molecular weight excluding hydrogens is 346 g/mol. The van der Waals surface area contributed by atoms with E-state index in [1.807, 2.05) is 11.0 Å². The number of esters is 1. The van der Waals surface area contributed by atoms with Gasteiger partial charge in [-0.2, -0.15) is 0 Å². The molecule has 8 nitrogen and oxygen atoms in total. The summed E-state index contributed by atoms with van der Waals surface area (Å²) in [7, 11) is 1.35. The number of nitrogens with one attached hydrogen (secondary N) is 1. The summed E-state index contributed by atoms with van der Waals surface area (Å²) in [5.41, 5.74) is 1.13. The molecule has 1 fully saturated rings. The second kappa shape index (κ2) is 8.98. The number of hydrogen-bond donors (Lipinski definition) is 1. The van der Waals surface area contributed by atoms with Gasteiger partial charge in [0, 0.05) is 57.2 Å². The van der Waals surface area contributed by atoms with E-state index in [1.54, 1.807) is 36.7 Å². The van der Waals surface area contributed by atoms with Gasteiger partial charge in [-0.05, 0) is 18.2 Å². The Labute approximate surface area is 158 Å². The SMILES string of the molecule is COC(=O)c1ccccc1NCCC(=O)N1CCN(c2ncccn2)CC1. The number of amides is 1. The zero-order chi connectivity index (χ0) is 19.1. The van der Waals surface area contributed by atoms with Crippen LogP contribution >= 0.6 is 0 Å². The number of carbonyl (C=O) groups is 2. The lowest BCUT2D eigenvalue weighted by Crippen LogP contribution is -2.49. The minimum Gasteiger partial charge on any atom is -0.465 e. The number of benzene rings is 1. The molecule has 0 unspecified atom stereocenters. The molecule has 0 saturated carbocycles. The number of rotatable bonds is 6. The Morgan fingerprint density at radius 3 is 2.48 bits per heavy atom. The van der Waals surface area contributed by atoms with E-state index in [0.717, 1.165) is 0 Å². The van der Waals surface area contributed by atoms with Gasteiger partial charge >= 0.3 is 5.97 Å². The van der Waals surface area contributed by atoms with Gasteiger partial charge < -0.3 is 19.9 Å². The molecule has 1 aliphatic rings. The molecule has 0 radical (unpaired) electrons. The quantitative estimate of drug-likeness (QED) is 0.771. The summed E-state index contributed by atoms with van der Waals surface area (Å²) in [6.45, 7) is 3.18. The summed E-state index contributed by atoms with van der Waals surface area (Å²) in [5.74, 6) is 0.390. The summed E-state index contributed by atoms with van der Waals surface area (Å²) in [6, 6.07) is 8.89. The van der Waals surface area contributed by atoms with Crippen molar-refractivity contribution in [2.24, 2.45) is 0 Å². The Balaban J connectivity index is 1.46. The lowest BCUT2D eigenvalue weighted by atomic mass is 10.1. The van der Waals surface area contributed by atoms with E-state index < -0.39 is 5.97 Å². The molecule has 0 spiro atoms. The van der Waals surface area contributed by atoms with Crippen LogP contribution in [0.15, 0.2) is 42.7 Å². The first-order chi connectivity index (χ1) is 13.2. The lowest BCUT2D eigenvalue weighted by molar-refractivity contribution is -0.131. The molecule has 1 aromatic heterocycles. The smallest absolute Gasteiger partial charge is 0.339 e. The maximum Gasteiger partial charge on any atom is 0.339 e. The van der Waals surface area contributed by atoms with E-state index in [0.29, 0.717) is 56.3 Å². The van der Waals surface area contributed by atoms with Gasteiger partial charge in [0.05, 0.1) is 12.7 Å². The van der Waals surface area contributed by atoms with Crippen molar-refractivity contribution in [3.05, 3.63) is 48.3 Å². The molecule has 1 aliphatic heterocycles. The number of piperazine rings is 1. The second-order valence-corrected chi connectivity index (χ2v) is 6.13. The number of para-hydroxylation sites is 1. The standard InChI is InChI=1S/C19H23N5O3/c1-27-18(26)15-5-2-3-6-16(15)20-10-7-17(25)23-11-13-24(14-12-23)19-21-8-4-9-22-19/h2-6,8-9,20H,7,10-14H2,1H3. The highest BCUT2D eigenvalue weighted by Crippen LogP contribution is 2.16. The van der Waals surface area contributed by atoms with Crippen LogP contribution < -0.4 is 10.2 Å². The van der Waals surface area contributed by atoms with Crippen LogP contribution in [-0.4, -0.2) is 66.6 Å². The lowest BCUT2D eigenvalue weighted by Gasteiger charge is -2.34. The summed E-state index contributed by atoms with van der Waals surface area (Å²) in [4.78, 5) is 36.7. The van der Waals surface area contributed by atoms with Crippen molar-refractivity contribution in [3.63, 3.8) is 0 Å². The molecule has 0 aliphatic carbocycles. The van der Waals surface area contributed by atoms with Crippen molar-refractivity contribution in [3.8, 4) is 0 Å².